The molecular formula is C16H25ClN2O. The van der Waals surface area contributed by atoms with Crippen LogP contribution in [0, 0.1) is 0 Å². The average Bonchev–Trinajstić information content (AvgIpc) is 2.39. The van der Waals surface area contributed by atoms with E-state index in [9.17, 15) is 4.79 Å². The predicted octanol–water partition coefficient (Wildman–Crippen LogP) is 3.76. The van der Waals surface area contributed by atoms with Gasteiger partial charge < -0.3 is 11.1 Å². The van der Waals surface area contributed by atoms with E-state index in [-0.39, 0.29) is 24.4 Å². The van der Waals surface area contributed by atoms with Crippen LogP contribution in [-0.2, 0) is 11.2 Å². The number of fused-ring (bicyclic) bond motifs is 1. The van der Waals surface area contributed by atoms with Crippen molar-refractivity contribution in [1.82, 2.24) is 5.32 Å². The molecule has 20 heavy (non-hydrogen) atoms. The maximum absolute atomic E-state index is 11.9. The van der Waals surface area contributed by atoms with Gasteiger partial charge in [0.15, 0.2) is 0 Å². The first kappa shape index (κ1) is 16.8. The topological polar surface area (TPSA) is 55.1 Å². The fourth-order valence-electron chi connectivity index (χ4n) is 2.79. The number of halogens is 1. The van der Waals surface area contributed by atoms with Crippen molar-refractivity contribution in [3.8, 4) is 0 Å². The zero-order chi connectivity index (χ0) is 13.7. The minimum absolute atomic E-state index is 0. The zero-order valence-electron chi connectivity index (χ0n) is 12.2. The van der Waals surface area contributed by atoms with Gasteiger partial charge in [0.2, 0.25) is 5.91 Å². The summed E-state index contributed by atoms with van der Waals surface area (Å²) in [5, 5.41) is 3.17. The van der Waals surface area contributed by atoms with Gasteiger partial charge >= 0.3 is 0 Å². The van der Waals surface area contributed by atoms with Gasteiger partial charge in [0.25, 0.3) is 0 Å². The Kier molecular flexibility index (Phi) is 6.86. The third kappa shape index (κ3) is 4.41. The third-order valence-corrected chi connectivity index (χ3v) is 3.82. The molecule has 1 unspecified atom stereocenters. The molecule has 2 rings (SSSR count). The van der Waals surface area contributed by atoms with Gasteiger partial charge in [-0.25, -0.2) is 0 Å². The summed E-state index contributed by atoms with van der Waals surface area (Å²) in [5.74, 6) is 0.183. The number of hydrogen-bond acceptors (Lipinski definition) is 2. The molecule has 1 aromatic carbocycles. The number of nitrogens with two attached hydrogens (primary N) is 1. The number of anilines is 1. The number of aryl methyl sites for hydroxylation is 1. The number of carbonyl (C=O) groups excluding carboxylic acids is 1. The van der Waals surface area contributed by atoms with E-state index in [1.54, 1.807) is 0 Å². The maximum atomic E-state index is 11.9. The Morgan fingerprint density at radius 3 is 2.95 bits per heavy atom. The van der Waals surface area contributed by atoms with E-state index in [1.807, 2.05) is 12.1 Å². The number of nitrogens with one attached hydrogen (secondary N) is 1. The summed E-state index contributed by atoms with van der Waals surface area (Å²) in [6, 6.07) is 6.23. The molecule has 1 aromatic rings. The Hall–Kier alpha value is -1.22. The molecule has 1 aliphatic carbocycles. The van der Waals surface area contributed by atoms with Crippen LogP contribution >= 0.6 is 12.4 Å². The highest BCUT2D eigenvalue weighted by molar-refractivity contribution is 5.85. The number of hydrogen-bond donors (Lipinski definition) is 2. The SMILES string of the molecule is CCCCCC(=O)NC1CCCc2cc(N)ccc21.Cl. The monoisotopic (exact) mass is 296 g/mol. The first-order valence-electron chi connectivity index (χ1n) is 7.38. The number of unbranched alkanes of at least 4 members (excludes halogenated alkanes) is 2. The number of rotatable bonds is 5. The highest BCUT2D eigenvalue weighted by Crippen LogP contribution is 2.31. The molecule has 0 radical (unpaired) electrons. The smallest absolute Gasteiger partial charge is 0.220 e. The van der Waals surface area contributed by atoms with Crippen LogP contribution in [0.4, 0.5) is 5.69 Å². The maximum Gasteiger partial charge on any atom is 0.220 e. The van der Waals surface area contributed by atoms with Crippen molar-refractivity contribution >= 4 is 24.0 Å². The zero-order valence-corrected chi connectivity index (χ0v) is 13.0. The van der Waals surface area contributed by atoms with Crippen LogP contribution in [0.1, 0.15) is 62.6 Å². The molecule has 0 bridgehead atoms. The molecule has 0 spiro atoms. The lowest BCUT2D eigenvalue weighted by Gasteiger charge is -2.26. The molecule has 1 amide bonds. The number of nitrogen functional groups attached to an aromatic ring is 1. The van der Waals surface area contributed by atoms with Crippen molar-refractivity contribution in [1.29, 1.82) is 0 Å². The molecule has 0 fully saturated rings. The summed E-state index contributed by atoms with van der Waals surface area (Å²) in [6.07, 6.45) is 7.15. The lowest BCUT2D eigenvalue weighted by molar-refractivity contribution is -0.122. The Morgan fingerprint density at radius 1 is 1.40 bits per heavy atom. The lowest BCUT2D eigenvalue weighted by atomic mass is 9.87. The van der Waals surface area contributed by atoms with E-state index in [0.29, 0.717) is 6.42 Å². The predicted molar refractivity (Wildman–Crippen MR) is 86.1 cm³/mol. The largest absolute Gasteiger partial charge is 0.399 e. The van der Waals surface area contributed by atoms with Crippen LogP contribution in [-0.4, -0.2) is 5.91 Å². The quantitative estimate of drug-likeness (QED) is 0.642. The van der Waals surface area contributed by atoms with Gasteiger partial charge in [-0.15, -0.1) is 12.4 Å². The van der Waals surface area contributed by atoms with Gasteiger partial charge in [-0.05, 0) is 48.9 Å². The molecule has 0 aliphatic heterocycles. The summed E-state index contributed by atoms with van der Waals surface area (Å²) < 4.78 is 0. The van der Waals surface area contributed by atoms with Gasteiger partial charge in [0.1, 0.15) is 0 Å². The molecule has 0 aromatic heterocycles. The highest BCUT2D eigenvalue weighted by atomic mass is 35.5. The van der Waals surface area contributed by atoms with Crippen molar-refractivity contribution in [2.75, 3.05) is 5.73 Å². The second-order valence-corrected chi connectivity index (χ2v) is 5.43. The molecule has 3 nitrogen and oxygen atoms in total. The summed E-state index contributed by atoms with van der Waals surface area (Å²) in [5.41, 5.74) is 9.19. The second kappa shape index (κ2) is 8.15. The minimum Gasteiger partial charge on any atom is -0.399 e. The molecule has 0 saturated heterocycles. The second-order valence-electron chi connectivity index (χ2n) is 5.43. The Balaban J connectivity index is 0.00000200. The normalized spacial score (nSPS) is 16.9. The molecule has 1 atom stereocenters. The van der Waals surface area contributed by atoms with E-state index >= 15 is 0 Å². The number of carbonyl (C=O) groups is 1. The number of amides is 1. The number of benzene rings is 1. The van der Waals surface area contributed by atoms with Crippen LogP contribution in [0.15, 0.2) is 18.2 Å². The highest BCUT2D eigenvalue weighted by Gasteiger charge is 2.21. The summed E-state index contributed by atoms with van der Waals surface area (Å²) in [6.45, 7) is 2.15. The molecule has 3 N–H and O–H groups in total. The van der Waals surface area contributed by atoms with Crippen LogP contribution in [0.2, 0.25) is 0 Å². The Morgan fingerprint density at radius 2 is 2.20 bits per heavy atom. The van der Waals surface area contributed by atoms with E-state index in [1.165, 1.54) is 11.1 Å². The van der Waals surface area contributed by atoms with Crippen molar-refractivity contribution < 1.29 is 4.79 Å². The lowest BCUT2D eigenvalue weighted by Crippen LogP contribution is -2.30. The summed E-state index contributed by atoms with van der Waals surface area (Å²) >= 11 is 0. The van der Waals surface area contributed by atoms with Gasteiger partial charge in [0.05, 0.1) is 6.04 Å². The first-order chi connectivity index (χ1) is 9.20. The molecule has 1 aliphatic rings. The summed E-state index contributed by atoms with van der Waals surface area (Å²) in [7, 11) is 0. The molecule has 4 heteroatoms. The van der Waals surface area contributed by atoms with Crippen molar-refractivity contribution in [3.63, 3.8) is 0 Å². The first-order valence-corrected chi connectivity index (χ1v) is 7.38. The molecular weight excluding hydrogens is 272 g/mol. The third-order valence-electron chi connectivity index (χ3n) is 3.82. The van der Waals surface area contributed by atoms with Crippen LogP contribution in [0.25, 0.3) is 0 Å². The van der Waals surface area contributed by atoms with Gasteiger partial charge in [-0.3, -0.25) is 4.79 Å². The fourth-order valence-corrected chi connectivity index (χ4v) is 2.79. The Labute approximate surface area is 127 Å². The molecule has 112 valence electrons. The van der Waals surface area contributed by atoms with Crippen LogP contribution < -0.4 is 11.1 Å². The van der Waals surface area contributed by atoms with E-state index in [2.05, 4.69) is 18.3 Å². The van der Waals surface area contributed by atoms with Gasteiger partial charge in [-0.2, -0.15) is 0 Å². The fraction of sp³-hybridized carbons (Fsp3) is 0.562. The van der Waals surface area contributed by atoms with Gasteiger partial charge in [0, 0.05) is 12.1 Å². The van der Waals surface area contributed by atoms with Crippen LogP contribution in [0.5, 0.6) is 0 Å². The Bertz CT molecular complexity index is 448. The summed E-state index contributed by atoms with van der Waals surface area (Å²) in [4.78, 5) is 11.9. The molecule has 0 heterocycles. The molecule has 0 saturated carbocycles. The van der Waals surface area contributed by atoms with E-state index in [0.717, 1.165) is 44.2 Å². The van der Waals surface area contributed by atoms with Crippen molar-refractivity contribution in [2.24, 2.45) is 0 Å². The average molecular weight is 297 g/mol. The standard InChI is InChI=1S/C16H24N2O.ClH/c1-2-3-4-8-16(19)18-15-7-5-6-12-11-13(17)9-10-14(12)15;/h9-11,15H,2-8,17H2,1H3,(H,18,19);1H. The van der Waals surface area contributed by atoms with Crippen molar-refractivity contribution in [2.45, 2.75) is 57.9 Å². The van der Waals surface area contributed by atoms with Crippen molar-refractivity contribution in [3.05, 3.63) is 29.3 Å². The van der Waals surface area contributed by atoms with E-state index < -0.39 is 0 Å². The van der Waals surface area contributed by atoms with Gasteiger partial charge in [-0.1, -0.05) is 25.8 Å². The van der Waals surface area contributed by atoms with E-state index in [4.69, 9.17) is 5.73 Å². The minimum atomic E-state index is 0. The van der Waals surface area contributed by atoms with Crippen LogP contribution in [0.3, 0.4) is 0 Å².